The second-order valence-electron chi connectivity index (χ2n) is 6.81. The number of nitrogens with zero attached hydrogens (tertiary/aromatic N) is 1. The first-order valence-corrected chi connectivity index (χ1v) is 11.8. The summed E-state index contributed by atoms with van der Waals surface area (Å²) in [7, 11) is -3.62. The molecule has 0 rings (SSSR count). The van der Waals surface area contributed by atoms with Crippen molar-refractivity contribution in [2.45, 2.75) is 104 Å². The summed E-state index contributed by atoms with van der Waals surface area (Å²) in [5.74, 6) is 0. The molecule has 4 nitrogen and oxygen atoms in total. The van der Waals surface area contributed by atoms with Gasteiger partial charge in [-0.1, -0.05) is 85.0 Å². The molecule has 0 aromatic rings. The van der Waals surface area contributed by atoms with Gasteiger partial charge in [-0.15, -0.1) is 0 Å². The second-order valence-corrected chi connectivity index (χ2v) is 8.62. The normalized spacial score (nSPS) is 14.2. The van der Waals surface area contributed by atoms with Crippen molar-refractivity contribution < 1.29 is 14.0 Å². The van der Waals surface area contributed by atoms with E-state index in [1.165, 1.54) is 44.9 Å². The highest BCUT2D eigenvalue weighted by molar-refractivity contribution is 7.50. The fourth-order valence-corrected chi connectivity index (χ4v) is 4.10. The molecule has 0 aliphatic rings. The first-order chi connectivity index (χ1) is 11.6. The van der Waals surface area contributed by atoms with Gasteiger partial charge in [0.25, 0.3) is 0 Å². The lowest BCUT2D eigenvalue weighted by Crippen LogP contribution is -2.24. The van der Waals surface area contributed by atoms with E-state index >= 15 is 0 Å². The minimum atomic E-state index is -3.62. The van der Waals surface area contributed by atoms with E-state index in [0.717, 1.165) is 38.5 Å². The van der Waals surface area contributed by atoms with Crippen LogP contribution in [0.1, 0.15) is 104 Å². The van der Waals surface area contributed by atoms with Gasteiger partial charge in [0, 0.05) is 13.1 Å². The van der Waals surface area contributed by atoms with Crippen LogP contribution in [0.4, 0.5) is 0 Å². The van der Waals surface area contributed by atoms with Crippen LogP contribution >= 0.6 is 7.75 Å². The van der Waals surface area contributed by atoms with Gasteiger partial charge in [-0.2, -0.15) is 0 Å². The zero-order valence-electron chi connectivity index (χ0n) is 16.5. The Labute approximate surface area is 150 Å². The highest BCUT2D eigenvalue weighted by Gasteiger charge is 2.28. The highest BCUT2D eigenvalue weighted by Crippen LogP contribution is 2.46. The van der Waals surface area contributed by atoms with Crippen molar-refractivity contribution in [2.24, 2.45) is 0 Å². The van der Waals surface area contributed by atoms with Crippen LogP contribution < -0.4 is 0 Å². The van der Waals surface area contributed by atoms with Gasteiger partial charge in [0.1, 0.15) is 0 Å². The SMILES string of the molecule is CCCCCCCOP(=O)(O)N(CCCCCC)CCCCCC. The van der Waals surface area contributed by atoms with Crippen molar-refractivity contribution >= 4 is 7.75 Å². The molecule has 0 saturated carbocycles. The molecule has 5 heteroatoms. The van der Waals surface area contributed by atoms with Crippen molar-refractivity contribution in [3.05, 3.63) is 0 Å². The van der Waals surface area contributed by atoms with E-state index in [1.807, 2.05) is 0 Å². The number of hydrogen-bond acceptors (Lipinski definition) is 2. The van der Waals surface area contributed by atoms with Gasteiger partial charge in [-0.3, -0.25) is 4.52 Å². The smallest absolute Gasteiger partial charge is 0.312 e. The van der Waals surface area contributed by atoms with E-state index in [-0.39, 0.29) is 0 Å². The first kappa shape index (κ1) is 24.1. The van der Waals surface area contributed by atoms with Crippen LogP contribution in [0.15, 0.2) is 0 Å². The average molecular weight is 364 g/mol. The van der Waals surface area contributed by atoms with Gasteiger partial charge in [-0.05, 0) is 19.3 Å². The standard InChI is InChI=1S/C19H42NO3P/c1-4-7-10-13-16-19-23-24(21,22)20(17-14-11-8-5-2)18-15-12-9-6-3/h4-19H2,1-3H3,(H,21,22). The van der Waals surface area contributed by atoms with Crippen LogP contribution in [0.3, 0.4) is 0 Å². The third kappa shape index (κ3) is 13.4. The van der Waals surface area contributed by atoms with Crippen LogP contribution in [-0.4, -0.2) is 29.3 Å². The van der Waals surface area contributed by atoms with Crippen LogP contribution in [-0.2, 0) is 9.09 Å². The fourth-order valence-electron chi connectivity index (χ4n) is 2.78. The van der Waals surface area contributed by atoms with Gasteiger partial charge < -0.3 is 4.89 Å². The predicted octanol–water partition coefficient (Wildman–Crippen LogP) is 6.54. The van der Waals surface area contributed by atoms with E-state index in [4.69, 9.17) is 4.52 Å². The van der Waals surface area contributed by atoms with Crippen LogP contribution in [0.25, 0.3) is 0 Å². The lowest BCUT2D eigenvalue weighted by Gasteiger charge is -2.26. The molecule has 0 aromatic carbocycles. The predicted molar refractivity (Wildman–Crippen MR) is 104 cm³/mol. The Balaban J connectivity index is 4.22. The van der Waals surface area contributed by atoms with E-state index in [2.05, 4.69) is 20.8 Å². The summed E-state index contributed by atoms with van der Waals surface area (Å²) in [4.78, 5) is 10.3. The topological polar surface area (TPSA) is 49.8 Å². The number of unbranched alkanes of at least 4 members (excludes halogenated alkanes) is 10. The first-order valence-electron chi connectivity index (χ1n) is 10.3. The molecule has 0 aliphatic heterocycles. The van der Waals surface area contributed by atoms with Crippen molar-refractivity contribution in [2.75, 3.05) is 19.7 Å². The molecular formula is C19H42NO3P. The summed E-state index contributed by atoms with van der Waals surface area (Å²) in [6.07, 6.45) is 14.5. The average Bonchev–Trinajstić information content (AvgIpc) is 2.56. The molecule has 1 atom stereocenters. The fraction of sp³-hybridized carbons (Fsp3) is 1.00. The van der Waals surface area contributed by atoms with Crippen LogP contribution in [0, 0.1) is 0 Å². The summed E-state index contributed by atoms with van der Waals surface area (Å²) in [6.45, 7) is 8.30. The highest BCUT2D eigenvalue weighted by atomic mass is 31.2. The van der Waals surface area contributed by atoms with Gasteiger partial charge >= 0.3 is 7.75 Å². The molecule has 24 heavy (non-hydrogen) atoms. The van der Waals surface area contributed by atoms with Gasteiger partial charge in [-0.25, -0.2) is 9.24 Å². The van der Waals surface area contributed by atoms with Crippen molar-refractivity contribution in [1.82, 2.24) is 4.67 Å². The zero-order valence-corrected chi connectivity index (χ0v) is 17.4. The van der Waals surface area contributed by atoms with E-state index < -0.39 is 7.75 Å². The summed E-state index contributed by atoms with van der Waals surface area (Å²) in [5, 5.41) is 0. The molecule has 146 valence electrons. The molecule has 0 fully saturated rings. The van der Waals surface area contributed by atoms with Crippen molar-refractivity contribution in [1.29, 1.82) is 0 Å². The van der Waals surface area contributed by atoms with E-state index in [1.54, 1.807) is 4.67 Å². The molecule has 0 spiro atoms. The Morgan fingerprint density at radius 2 is 1.12 bits per heavy atom. The van der Waals surface area contributed by atoms with Gasteiger partial charge in [0.15, 0.2) is 0 Å². The van der Waals surface area contributed by atoms with Crippen molar-refractivity contribution in [3.8, 4) is 0 Å². The number of rotatable bonds is 18. The molecule has 0 aliphatic carbocycles. The van der Waals surface area contributed by atoms with Crippen LogP contribution in [0.5, 0.6) is 0 Å². The molecular weight excluding hydrogens is 321 g/mol. The lowest BCUT2D eigenvalue weighted by atomic mass is 10.2. The molecule has 0 aromatic heterocycles. The second kappa shape index (κ2) is 16.6. The summed E-state index contributed by atoms with van der Waals surface area (Å²) in [5.41, 5.74) is 0. The molecule has 0 radical (unpaired) electrons. The Hall–Kier alpha value is 0.110. The Morgan fingerprint density at radius 3 is 1.58 bits per heavy atom. The Bertz CT molecular complexity index is 301. The minimum Gasteiger partial charge on any atom is -0.312 e. The maximum atomic E-state index is 12.6. The molecule has 1 N–H and O–H groups in total. The third-order valence-electron chi connectivity index (χ3n) is 4.40. The molecule has 0 amide bonds. The minimum absolute atomic E-state index is 0.401. The van der Waals surface area contributed by atoms with E-state index in [0.29, 0.717) is 19.7 Å². The Morgan fingerprint density at radius 1 is 0.708 bits per heavy atom. The lowest BCUT2D eigenvalue weighted by molar-refractivity contribution is 0.194. The summed E-state index contributed by atoms with van der Waals surface area (Å²) in [6, 6.07) is 0. The quantitative estimate of drug-likeness (QED) is 0.222. The zero-order chi connectivity index (χ0) is 18.1. The van der Waals surface area contributed by atoms with Gasteiger partial charge in [0.2, 0.25) is 0 Å². The Kier molecular flexibility index (Phi) is 16.6. The van der Waals surface area contributed by atoms with E-state index in [9.17, 15) is 9.46 Å². The monoisotopic (exact) mass is 363 g/mol. The number of hydrogen-bond donors (Lipinski definition) is 1. The maximum Gasteiger partial charge on any atom is 0.405 e. The summed E-state index contributed by atoms with van der Waals surface area (Å²) < 4.78 is 19.7. The molecule has 0 bridgehead atoms. The van der Waals surface area contributed by atoms with Crippen LogP contribution in [0.2, 0.25) is 0 Å². The summed E-state index contributed by atoms with van der Waals surface area (Å²) >= 11 is 0. The maximum absolute atomic E-state index is 12.6. The molecule has 0 saturated heterocycles. The molecule has 1 unspecified atom stereocenters. The third-order valence-corrected chi connectivity index (χ3v) is 6.04. The largest absolute Gasteiger partial charge is 0.405 e. The molecule has 0 heterocycles. The van der Waals surface area contributed by atoms with Crippen molar-refractivity contribution in [3.63, 3.8) is 0 Å². The van der Waals surface area contributed by atoms with Gasteiger partial charge in [0.05, 0.1) is 6.61 Å².